The van der Waals surface area contributed by atoms with Gasteiger partial charge in [-0.05, 0) is 107 Å². The molecule has 72 heavy (non-hydrogen) atoms. The molecule has 4 aromatic heterocycles. The molecule has 4 heterocycles. The molecule has 0 unspecified atom stereocenters. The van der Waals surface area contributed by atoms with Gasteiger partial charge in [0.2, 0.25) is 0 Å². The molecule has 0 spiro atoms. The lowest BCUT2D eigenvalue weighted by molar-refractivity contribution is 1.12. The third-order valence-corrected chi connectivity index (χ3v) is 15.0. The van der Waals surface area contributed by atoms with Gasteiger partial charge in [0.15, 0.2) is 0 Å². The van der Waals surface area contributed by atoms with E-state index in [1.807, 2.05) is 0 Å². The van der Waals surface area contributed by atoms with E-state index >= 15 is 0 Å². The van der Waals surface area contributed by atoms with Crippen molar-refractivity contribution in [1.82, 2.24) is 18.3 Å². The predicted octanol–water partition coefficient (Wildman–Crippen LogP) is 17.3. The van der Waals surface area contributed by atoms with Crippen molar-refractivity contribution in [1.29, 1.82) is 5.26 Å². The number of fused-ring (bicyclic) bond motifs is 13. The third kappa shape index (κ3) is 5.75. The summed E-state index contributed by atoms with van der Waals surface area (Å²) in [6.07, 6.45) is 0. The number of rotatable bonds is 6. The van der Waals surface area contributed by atoms with Crippen LogP contribution in [0, 0.1) is 11.3 Å². The maximum absolute atomic E-state index is 12.0. The zero-order chi connectivity index (χ0) is 47.4. The molecule has 0 fully saturated rings. The van der Waals surface area contributed by atoms with Crippen LogP contribution in [0.15, 0.2) is 249 Å². The number of hydrogen-bond donors (Lipinski definition) is 0. The Morgan fingerprint density at radius 3 is 1.29 bits per heavy atom. The zero-order valence-electron chi connectivity index (χ0n) is 38.9. The van der Waals surface area contributed by atoms with Gasteiger partial charge >= 0.3 is 0 Å². The van der Waals surface area contributed by atoms with Gasteiger partial charge in [-0.15, -0.1) is 0 Å². The number of para-hydroxylation sites is 6. The Morgan fingerprint density at radius 1 is 0.264 bits per heavy atom. The SMILES string of the molecule is N#Cc1c(-n2c3ccccc3c3cc4c(cc32)c2ccccc2n4-c2ccccc2)cc(-c2cccc(-c3ccccc3)c2)cc1-n1c2ccccc2c2c1ccc1c3ccccc3n(-c3ccccc3)c12. The quantitative estimate of drug-likeness (QED) is 0.164. The highest BCUT2D eigenvalue weighted by Crippen LogP contribution is 2.46. The van der Waals surface area contributed by atoms with Gasteiger partial charge in [0.25, 0.3) is 0 Å². The fourth-order valence-electron chi connectivity index (χ4n) is 11.9. The van der Waals surface area contributed by atoms with Crippen LogP contribution >= 0.6 is 0 Å². The van der Waals surface area contributed by atoms with Gasteiger partial charge in [0, 0.05) is 54.5 Å². The largest absolute Gasteiger partial charge is 0.309 e. The average molecular weight is 916 g/mol. The smallest absolute Gasteiger partial charge is 0.104 e. The van der Waals surface area contributed by atoms with Gasteiger partial charge in [-0.25, -0.2) is 0 Å². The van der Waals surface area contributed by atoms with E-state index < -0.39 is 0 Å². The summed E-state index contributed by atoms with van der Waals surface area (Å²) in [5, 5.41) is 21.2. The summed E-state index contributed by atoms with van der Waals surface area (Å²) >= 11 is 0. The van der Waals surface area contributed by atoms with Crippen LogP contribution in [-0.4, -0.2) is 18.3 Å². The summed E-state index contributed by atoms with van der Waals surface area (Å²) in [5.74, 6) is 0. The molecule has 15 aromatic rings. The minimum Gasteiger partial charge on any atom is -0.309 e. The highest BCUT2D eigenvalue weighted by molar-refractivity contribution is 6.26. The topological polar surface area (TPSA) is 43.5 Å². The lowest BCUT2D eigenvalue weighted by Crippen LogP contribution is -2.05. The van der Waals surface area contributed by atoms with Crippen LogP contribution in [0.4, 0.5) is 0 Å². The van der Waals surface area contributed by atoms with E-state index in [1.165, 1.54) is 16.2 Å². The van der Waals surface area contributed by atoms with Crippen molar-refractivity contribution in [2.24, 2.45) is 0 Å². The van der Waals surface area contributed by atoms with Crippen molar-refractivity contribution in [2.75, 3.05) is 0 Å². The van der Waals surface area contributed by atoms with Crippen LogP contribution in [0.2, 0.25) is 0 Å². The second-order valence-electron chi connectivity index (χ2n) is 18.8. The summed E-state index contributed by atoms with van der Waals surface area (Å²) < 4.78 is 9.50. The van der Waals surface area contributed by atoms with E-state index in [2.05, 4.69) is 273 Å². The molecule has 5 heteroatoms. The van der Waals surface area contributed by atoms with Crippen molar-refractivity contribution in [3.63, 3.8) is 0 Å². The van der Waals surface area contributed by atoms with Crippen LogP contribution in [0.5, 0.6) is 0 Å². The number of aromatic nitrogens is 4. The fraction of sp³-hybridized carbons (Fsp3) is 0. The Kier molecular flexibility index (Phi) is 8.66. The molecule has 5 nitrogen and oxygen atoms in total. The number of benzene rings is 11. The van der Waals surface area contributed by atoms with Crippen LogP contribution in [-0.2, 0) is 0 Å². The number of hydrogen-bond acceptors (Lipinski definition) is 1. The first-order valence-electron chi connectivity index (χ1n) is 24.5. The number of nitrogens with zero attached hydrogens (tertiary/aromatic N) is 5. The second-order valence-corrected chi connectivity index (χ2v) is 18.8. The zero-order valence-corrected chi connectivity index (χ0v) is 38.9. The molecule has 0 radical (unpaired) electrons. The molecule has 15 rings (SSSR count). The van der Waals surface area contributed by atoms with E-state index in [1.54, 1.807) is 0 Å². The van der Waals surface area contributed by atoms with Crippen molar-refractivity contribution < 1.29 is 0 Å². The maximum Gasteiger partial charge on any atom is 0.104 e. The molecule has 0 aliphatic heterocycles. The molecule has 334 valence electrons. The van der Waals surface area contributed by atoms with Crippen molar-refractivity contribution in [3.8, 4) is 51.1 Å². The Balaban J connectivity index is 1.09. The first-order valence-corrected chi connectivity index (χ1v) is 24.5. The lowest BCUT2D eigenvalue weighted by Gasteiger charge is -2.19. The molecule has 0 saturated heterocycles. The molecule has 0 aliphatic rings. The summed E-state index contributed by atoms with van der Waals surface area (Å²) in [7, 11) is 0. The molecule has 11 aromatic carbocycles. The minimum absolute atomic E-state index is 0.582. The summed E-state index contributed by atoms with van der Waals surface area (Å²) in [5.41, 5.74) is 17.5. The van der Waals surface area contributed by atoms with Crippen molar-refractivity contribution in [2.45, 2.75) is 0 Å². The first kappa shape index (κ1) is 40.0. The van der Waals surface area contributed by atoms with E-state index in [0.717, 1.165) is 116 Å². The van der Waals surface area contributed by atoms with Crippen molar-refractivity contribution >= 4 is 87.2 Å². The molecular weight excluding hydrogens is 875 g/mol. The lowest BCUT2D eigenvalue weighted by atomic mass is 9.96. The van der Waals surface area contributed by atoms with Gasteiger partial charge < -0.3 is 18.3 Å². The Morgan fingerprint density at radius 2 is 0.694 bits per heavy atom. The maximum atomic E-state index is 12.0. The van der Waals surface area contributed by atoms with Gasteiger partial charge in [0.1, 0.15) is 11.6 Å². The summed E-state index contributed by atoms with van der Waals surface area (Å²) in [6, 6.07) is 92.0. The van der Waals surface area contributed by atoms with Crippen LogP contribution in [0.3, 0.4) is 0 Å². The number of nitriles is 1. The third-order valence-electron chi connectivity index (χ3n) is 15.0. The van der Waals surface area contributed by atoms with Gasteiger partial charge in [-0.3, -0.25) is 0 Å². The molecule has 0 N–H and O–H groups in total. The summed E-state index contributed by atoms with van der Waals surface area (Å²) in [4.78, 5) is 0. The van der Waals surface area contributed by atoms with E-state index in [4.69, 9.17) is 0 Å². The van der Waals surface area contributed by atoms with E-state index in [-0.39, 0.29) is 0 Å². The monoisotopic (exact) mass is 915 g/mol. The molecule has 0 aliphatic carbocycles. The Labute approximate surface area is 414 Å². The first-order chi connectivity index (χ1) is 35.7. The van der Waals surface area contributed by atoms with Crippen LogP contribution in [0.25, 0.3) is 132 Å². The molecular formula is C67H41N5. The van der Waals surface area contributed by atoms with Gasteiger partial charge in [-0.1, -0.05) is 164 Å². The standard InChI is InChI=1S/C67H41N5/c68-42-56-62(71-60-34-17-13-30-53(60)66-61(71)36-35-52-49-27-10-15-32-58(49)70(67(52)66)48-25-8-3-9-26-48)38-46(45-22-18-21-44(37-45)43-19-4-1-5-20-43)39-63(56)72-59-33-16-12-29-51(59)55-40-64-54(41-65(55)72)50-28-11-14-31-57(50)69(64)47-23-6-2-7-24-47/h1-41H. The second kappa shape index (κ2) is 15.6. The van der Waals surface area contributed by atoms with Gasteiger partial charge in [0.05, 0.1) is 55.5 Å². The minimum atomic E-state index is 0.582. The molecule has 0 bridgehead atoms. The molecule has 0 saturated carbocycles. The molecule has 0 atom stereocenters. The Hall–Kier alpha value is -9.89. The highest BCUT2D eigenvalue weighted by Gasteiger charge is 2.26. The van der Waals surface area contributed by atoms with Crippen LogP contribution in [0.1, 0.15) is 5.56 Å². The predicted molar refractivity (Wildman–Crippen MR) is 299 cm³/mol. The summed E-state index contributed by atoms with van der Waals surface area (Å²) in [6.45, 7) is 0. The average Bonchev–Trinajstić information content (AvgIpc) is 4.18. The molecule has 0 amide bonds. The van der Waals surface area contributed by atoms with Gasteiger partial charge in [-0.2, -0.15) is 5.26 Å². The normalized spacial score (nSPS) is 11.9. The van der Waals surface area contributed by atoms with Crippen molar-refractivity contribution in [3.05, 3.63) is 254 Å². The van der Waals surface area contributed by atoms with E-state index in [0.29, 0.717) is 5.56 Å². The fourth-order valence-corrected chi connectivity index (χ4v) is 11.9. The van der Waals surface area contributed by atoms with Crippen LogP contribution < -0.4 is 0 Å². The Bertz CT molecular complexity index is 4730. The highest BCUT2D eigenvalue weighted by atomic mass is 15.0. The van der Waals surface area contributed by atoms with E-state index in [9.17, 15) is 5.26 Å².